The number of hydrogen-bond donors (Lipinski definition) is 1. The van der Waals surface area contributed by atoms with Gasteiger partial charge in [0, 0.05) is 16.6 Å². The second-order valence-electron chi connectivity index (χ2n) is 6.94. The molecule has 0 saturated heterocycles. The van der Waals surface area contributed by atoms with Crippen LogP contribution in [0.25, 0.3) is 0 Å². The molecule has 10 heteroatoms. The lowest BCUT2D eigenvalue weighted by atomic mass is 10.2. The predicted molar refractivity (Wildman–Crippen MR) is 127 cm³/mol. The van der Waals surface area contributed by atoms with Gasteiger partial charge in [-0.25, -0.2) is 13.2 Å². The number of halogens is 2. The zero-order valence-corrected chi connectivity index (χ0v) is 19.8. The van der Waals surface area contributed by atoms with E-state index in [1.54, 1.807) is 36.4 Å². The number of para-hydroxylation sites is 1. The third kappa shape index (κ3) is 6.33. The quantitative estimate of drug-likeness (QED) is 0.450. The van der Waals surface area contributed by atoms with Crippen molar-refractivity contribution in [3.8, 4) is 0 Å². The molecule has 3 aromatic carbocycles. The molecule has 0 aromatic heterocycles. The first-order chi connectivity index (χ1) is 15.7. The Morgan fingerprint density at radius 2 is 1.48 bits per heavy atom. The second-order valence-corrected chi connectivity index (χ2v) is 9.75. The average Bonchev–Trinajstić information content (AvgIpc) is 2.80. The maximum Gasteiger partial charge on any atom is 0.339 e. The van der Waals surface area contributed by atoms with Gasteiger partial charge in [-0.2, -0.15) is 4.31 Å². The van der Waals surface area contributed by atoms with Gasteiger partial charge < -0.3 is 10.1 Å². The number of anilines is 1. The van der Waals surface area contributed by atoms with Crippen molar-refractivity contribution in [3.05, 3.63) is 94.0 Å². The molecule has 0 aliphatic carbocycles. The molecule has 0 aliphatic rings. The molecule has 0 saturated carbocycles. The molecule has 0 bridgehead atoms. The van der Waals surface area contributed by atoms with Gasteiger partial charge >= 0.3 is 5.97 Å². The number of benzene rings is 3. The van der Waals surface area contributed by atoms with E-state index in [2.05, 4.69) is 5.32 Å². The minimum atomic E-state index is -4.06. The lowest BCUT2D eigenvalue weighted by Gasteiger charge is -2.22. The van der Waals surface area contributed by atoms with Gasteiger partial charge in [0.05, 0.1) is 29.8 Å². The average molecular weight is 507 g/mol. The minimum Gasteiger partial charge on any atom is -0.465 e. The van der Waals surface area contributed by atoms with Crippen LogP contribution in [0.5, 0.6) is 0 Å². The Morgan fingerprint density at radius 3 is 2.09 bits per heavy atom. The number of esters is 1. The van der Waals surface area contributed by atoms with Crippen molar-refractivity contribution < 1.29 is 22.7 Å². The van der Waals surface area contributed by atoms with Gasteiger partial charge in [0.15, 0.2) is 0 Å². The number of amides is 1. The van der Waals surface area contributed by atoms with E-state index in [1.165, 1.54) is 43.5 Å². The van der Waals surface area contributed by atoms with Gasteiger partial charge in [-0.05, 0) is 54.1 Å². The van der Waals surface area contributed by atoms with Crippen LogP contribution in [-0.2, 0) is 26.1 Å². The van der Waals surface area contributed by atoms with Crippen molar-refractivity contribution in [1.82, 2.24) is 4.31 Å². The third-order valence-electron chi connectivity index (χ3n) is 4.65. The first-order valence-electron chi connectivity index (χ1n) is 9.68. The SMILES string of the molecule is COC(=O)c1ccccc1NC(=O)CN(Cc1ccc(Cl)cc1)S(=O)(=O)c1ccc(Cl)cc1. The fourth-order valence-electron chi connectivity index (χ4n) is 3.00. The summed E-state index contributed by atoms with van der Waals surface area (Å²) in [5, 5.41) is 3.48. The summed E-state index contributed by atoms with van der Waals surface area (Å²) in [7, 11) is -2.83. The van der Waals surface area contributed by atoms with E-state index in [-0.39, 0.29) is 22.7 Å². The highest BCUT2D eigenvalue weighted by atomic mass is 35.5. The topological polar surface area (TPSA) is 92.8 Å². The minimum absolute atomic E-state index is 0.0105. The Balaban J connectivity index is 1.89. The first kappa shape index (κ1) is 24.7. The number of hydrogen-bond acceptors (Lipinski definition) is 5. The predicted octanol–water partition coefficient (Wildman–Crippen LogP) is 4.61. The van der Waals surface area contributed by atoms with Crippen LogP contribution in [-0.4, -0.2) is 38.3 Å². The number of methoxy groups -OCH3 is 1. The van der Waals surface area contributed by atoms with Crippen LogP contribution in [0.1, 0.15) is 15.9 Å². The molecular weight excluding hydrogens is 487 g/mol. The summed E-state index contributed by atoms with van der Waals surface area (Å²) in [6.07, 6.45) is 0. The molecule has 0 heterocycles. The van der Waals surface area contributed by atoms with E-state index in [0.29, 0.717) is 15.6 Å². The molecule has 0 fully saturated rings. The number of nitrogens with one attached hydrogen (secondary N) is 1. The smallest absolute Gasteiger partial charge is 0.339 e. The molecule has 172 valence electrons. The molecule has 3 aromatic rings. The summed E-state index contributed by atoms with van der Waals surface area (Å²) < 4.78 is 32.4. The van der Waals surface area contributed by atoms with Crippen molar-refractivity contribution in [2.75, 3.05) is 19.0 Å². The molecule has 3 rings (SSSR count). The van der Waals surface area contributed by atoms with Gasteiger partial charge in [0.2, 0.25) is 15.9 Å². The zero-order valence-electron chi connectivity index (χ0n) is 17.5. The number of sulfonamides is 1. The molecule has 0 aliphatic heterocycles. The molecule has 33 heavy (non-hydrogen) atoms. The van der Waals surface area contributed by atoms with Crippen molar-refractivity contribution in [3.63, 3.8) is 0 Å². The van der Waals surface area contributed by atoms with E-state index in [1.807, 2.05) is 0 Å². The van der Waals surface area contributed by atoms with Gasteiger partial charge in [0.1, 0.15) is 0 Å². The largest absolute Gasteiger partial charge is 0.465 e. The van der Waals surface area contributed by atoms with E-state index >= 15 is 0 Å². The molecule has 0 spiro atoms. The number of carbonyl (C=O) groups is 2. The summed E-state index contributed by atoms with van der Waals surface area (Å²) in [5.74, 6) is -1.25. The molecule has 1 amide bonds. The fraction of sp³-hybridized carbons (Fsp3) is 0.130. The lowest BCUT2D eigenvalue weighted by molar-refractivity contribution is -0.116. The molecule has 1 N–H and O–H groups in total. The second kappa shape index (κ2) is 10.8. The third-order valence-corrected chi connectivity index (χ3v) is 6.96. The first-order valence-corrected chi connectivity index (χ1v) is 11.9. The maximum absolute atomic E-state index is 13.3. The zero-order chi connectivity index (χ0) is 24.0. The van der Waals surface area contributed by atoms with Crippen LogP contribution in [0, 0.1) is 0 Å². The Morgan fingerprint density at radius 1 is 0.909 bits per heavy atom. The van der Waals surface area contributed by atoms with Crippen molar-refractivity contribution in [1.29, 1.82) is 0 Å². The van der Waals surface area contributed by atoms with Crippen LogP contribution in [0.2, 0.25) is 10.0 Å². The Kier molecular flexibility index (Phi) is 8.10. The highest BCUT2D eigenvalue weighted by molar-refractivity contribution is 7.89. The highest BCUT2D eigenvalue weighted by Crippen LogP contribution is 2.22. The normalized spacial score (nSPS) is 11.3. The van der Waals surface area contributed by atoms with E-state index < -0.39 is 28.4 Å². The van der Waals surface area contributed by atoms with Crippen LogP contribution in [0.3, 0.4) is 0 Å². The molecule has 0 atom stereocenters. The molecule has 7 nitrogen and oxygen atoms in total. The van der Waals surface area contributed by atoms with Crippen molar-refractivity contribution in [2.45, 2.75) is 11.4 Å². The van der Waals surface area contributed by atoms with Crippen molar-refractivity contribution >= 4 is 50.8 Å². The van der Waals surface area contributed by atoms with E-state index in [0.717, 1.165) is 4.31 Å². The molecular formula is C23H20Cl2N2O5S. The maximum atomic E-state index is 13.3. The van der Waals surface area contributed by atoms with Crippen LogP contribution >= 0.6 is 23.2 Å². The number of nitrogens with zero attached hydrogens (tertiary/aromatic N) is 1. The van der Waals surface area contributed by atoms with Gasteiger partial charge in [-0.1, -0.05) is 47.5 Å². The summed E-state index contributed by atoms with van der Waals surface area (Å²) in [4.78, 5) is 24.8. The van der Waals surface area contributed by atoms with E-state index in [9.17, 15) is 18.0 Å². The summed E-state index contributed by atoms with van der Waals surface area (Å²) in [6.45, 7) is -0.572. The Bertz CT molecular complexity index is 1250. The monoisotopic (exact) mass is 506 g/mol. The Hall–Kier alpha value is -2.91. The van der Waals surface area contributed by atoms with Gasteiger partial charge in [-0.3, -0.25) is 4.79 Å². The molecule has 0 radical (unpaired) electrons. The number of ether oxygens (including phenoxy) is 1. The van der Waals surface area contributed by atoms with E-state index in [4.69, 9.17) is 27.9 Å². The summed E-state index contributed by atoms with van der Waals surface area (Å²) in [5.41, 5.74) is 1.00. The van der Waals surface area contributed by atoms with Crippen LogP contribution in [0.15, 0.2) is 77.7 Å². The van der Waals surface area contributed by atoms with Gasteiger partial charge in [0.25, 0.3) is 0 Å². The highest BCUT2D eigenvalue weighted by Gasteiger charge is 2.27. The van der Waals surface area contributed by atoms with Crippen LogP contribution in [0.4, 0.5) is 5.69 Å². The van der Waals surface area contributed by atoms with Crippen LogP contribution < -0.4 is 5.32 Å². The standard InChI is InChI=1S/C23H20Cl2N2O5S/c1-32-23(29)20-4-2-3-5-21(20)26-22(28)15-27(14-16-6-8-17(24)9-7-16)33(30,31)19-12-10-18(25)11-13-19/h2-13H,14-15H2,1H3,(H,26,28). The summed E-state index contributed by atoms with van der Waals surface area (Å²) in [6, 6.07) is 18.6. The fourth-order valence-corrected chi connectivity index (χ4v) is 4.64. The molecule has 0 unspecified atom stereocenters. The lowest BCUT2D eigenvalue weighted by Crippen LogP contribution is -2.37. The van der Waals surface area contributed by atoms with Gasteiger partial charge in [-0.15, -0.1) is 0 Å². The Labute approximate surface area is 201 Å². The van der Waals surface area contributed by atoms with Crippen molar-refractivity contribution in [2.24, 2.45) is 0 Å². The number of rotatable bonds is 8. The number of carbonyl (C=O) groups excluding carboxylic acids is 2. The summed E-state index contributed by atoms with van der Waals surface area (Å²) >= 11 is 11.8.